The second-order valence-electron chi connectivity index (χ2n) is 5.34. The van der Waals surface area contributed by atoms with Crippen LogP contribution in [0, 0.1) is 0 Å². The van der Waals surface area contributed by atoms with Gasteiger partial charge >= 0.3 is 0 Å². The van der Waals surface area contributed by atoms with E-state index in [1.165, 1.54) is 5.69 Å². The molecule has 0 amide bonds. The number of hydrogen-bond donors (Lipinski definition) is 1. The van der Waals surface area contributed by atoms with Crippen molar-refractivity contribution in [3.63, 3.8) is 0 Å². The number of rotatable bonds is 1. The van der Waals surface area contributed by atoms with E-state index in [-0.39, 0.29) is 5.54 Å². The largest absolute Gasteiger partial charge is 0.365 e. The van der Waals surface area contributed by atoms with Crippen LogP contribution in [0.1, 0.15) is 20.8 Å². The molecule has 1 aromatic carbocycles. The van der Waals surface area contributed by atoms with Crippen molar-refractivity contribution in [2.75, 3.05) is 18.0 Å². The van der Waals surface area contributed by atoms with Crippen LogP contribution in [-0.4, -0.2) is 24.7 Å². The van der Waals surface area contributed by atoms with Gasteiger partial charge in [0.2, 0.25) is 0 Å². The third-order valence-corrected chi connectivity index (χ3v) is 4.36. The third-order valence-electron chi connectivity index (χ3n) is 3.19. The van der Waals surface area contributed by atoms with Gasteiger partial charge in [0.25, 0.3) is 0 Å². The highest BCUT2D eigenvalue weighted by molar-refractivity contribution is 9.11. The smallest absolute Gasteiger partial charge is 0.0525 e. The van der Waals surface area contributed by atoms with Crippen molar-refractivity contribution >= 4 is 37.5 Å². The minimum absolute atomic E-state index is 0.161. The topological polar surface area (TPSA) is 15.3 Å². The van der Waals surface area contributed by atoms with Gasteiger partial charge in [-0.25, -0.2) is 0 Å². The molecule has 1 fully saturated rings. The maximum Gasteiger partial charge on any atom is 0.0525 e. The zero-order valence-corrected chi connectivity index (χ0v) is 13.6. The molecule has 0 aliphatic carbocycles. The molecule has 0 radical (unpaired) electrons. The third kappa shape index (κ3) is 3.04. The predicted molar refractivity (Wildman–Crippen MR) is 80.7 cm³/mol. The van der Waals surface area contributed by atoms with Gasteiger partial charge in [0.1, 0.15) is 0 Å². The van der Waals surface area contributed by atoms with Gasteiger partial charge in [0.15, 0.2) is 0 Å². The minimum atomic E-state index is 0.161. The molecule has 0 saturated carbocycles. The van der Waals surface area contributed by atoms with Crippen LogP contribution in [0.15, 0.2) is 27.1 Å². The summed E-state index contributed by atoms with van der Waals surface area (Å²) in [6.45, 7) is 8.79. The van der Waals surface area contributed by atoms with Crippen LogP contribution in [0.25, 0.3) is 0 Å². The Morgan fingerprint density at radius 3 is 2.76 bits per heavy atom. The first-order valence-corrected chi connectivity index (χ1v) is 7.44. The minimum Gasteiger partial charge on any atom is -0.365 e. The lowest BCUT2D eigenvalue weighted by Gasteiger charge is -2.45. The van der Waals surface area contributed by atoms with E-state index in [9.17, 15) is 0 Å². The van der Waals surface area contributed by atoms with Crippen LogP contribution in [0.5, 0.6) is 0 Å². The molecule has 0 bridgehead atoms. The molecule has 1 aliphatic rings. The first-order valence-electron chi connectivity index (χ1n) is 5.86. The van der Waals surface area contributed by atoms with Gasteiger partial charge in [0.05, 0.1) is 5.69 Å². The number of piperazine rings is 1. The fourth-order valence-corrected chi connectivity index (χ4v) is 3.02. The lowest BCUT2D eigenvalue weighted by Crippen LogP contribution is -2.61. The molecule has 0 aromatic heterocycles. The highest BCUT2D eigenvalue weighted by Crippen LogP contribution is 2.33. The molecule has 1 N–H and O–H groups in total. The Bertz CT molecular complexity index is 418. The summed E-state index contributed by atoms with van der Waals surface area (Å²) in [6, 6.07) is 6.85. The number of anilines is 1. The SMILES string of the molecule is CC1CNC(C)(C)CN1c1cc(Br)ccc1Br. The zero-order valence-electron chi connectivity index (χ0n) is 10.4. The molecule has 17 heavy (non-hydrogen) atoms. The number of benzene rings is 1. The van der Waals surface area contributed by atoms with Crippen molar-refractivity contribution in [3.8, 4) is 0 Å². The van der Waals surface area contributed by atoms with E-state index in [1.807, 2.05) is 0 Å². The van der Waals surface area contributed by atoms with E-state index in [0.717, 1.165) is 22.0 Å². The van der Waals surface area contributed by atoms with E-state index < -0.39 is 0 Å². The van der Waals surface area contributed by atoms with E-state index in [1.54, 1.807) is 0 Å². The molecule has 0 spiro atoms. The average molecular weight is 362 g/mol. The van der Waals surface area contributed by atoms with Gasteiger partial charge < -0.3 is 10.2 Å². The standard InChI is InChI=1S/C13H18Br2N2/c1-9-7-16-13(2,3)8-17(9)12-6-10(14)4-5-11(12)15/h4-6,9,16H,7-8H2,1-3H3. The molecule has 2 nitrogen and oxygen atoms in total. The second-order valence-corrected chi connectivity index (χ2v) is 7.11. The Hall–Kier alpha value is -0.0600. The van der Waals surface area contributed by atoms with E-state index >= 15 is 0 Å². The molecule has 4 heteroatoms. The van der Waals surface area contributed by atoms with E-state index in [4.69, 9.17) is 0 Å². The average Bonchev–Trinajstić information content (AvgIpc) is 2.25. The summed E-state index contributed by atoms with van der Waals surface area (Å²) >= 11 is 7.20. The van der Waals surface area contributed by atoms with Crippen molar-refractivity contribution < 1.29 is 0 Å². The maximum atomic E-state index is 3.65. The summed E-state index contributed by atoms with van der Waals surface area (Å²) in [4.78, 5) is 2.46. The second kappa shape index (κ2) is 4.90. The monoisotopic (exact) mass is 360 g/mol. The summed E-state index contributed by atoms with van der Waals surface area (Å²) in [7, 11) is 0. The lowest BCUT2D eigenvalue weighted by molar-refractivity contribution is 0.318. The molecule has 1 aliphatic heterocycles. The van der Waals surface area contributed by atoms with Crippen LogP contribution >= 0.6 is 31.9 Å². The molecule has 2 rings (SSSR count). The summed E-state index contributed by atoms with van der Waals surface area (Å²) < 4.78 is 2.28. The van der Waals surface area contributed by atoms with E-state index in [0.29, 0.717) is 6.04 Å². The van der Waals surface area contributed by atoms with Crippen LogP contribution < -0.4 is 10.2 Å². The van der Waals surface area contributed by atoms with Crippen molar-refractivity contribution in [1.29, 1.82) is 0 Å². The summed E-state index contributed by atoms with van der Waals surface area (Å²) in [5.74, 6) is 0. The van der Waals surface area contributed by atoms with Crippen LogP contribution in [-0.2, 0) is 0 Å². The van der Waals surface area contributed by atoms with Crippen molar-refractivity contribution in [1.82, 2.24) is 5.32 Å². The van der Waals surface area contributed by atoms with Gasteiger partial charge in [-0.1, -0.05) is 15.9 Å². The highest BCUT2D eigenvalue weighted by atomic mass is 79.9. The number of hydrogen-bond acceptors (Lipinski definition) is 2. The highest BCUT2D eigenvalue weighted by Gasteiger charge is 2.31. The Morgan fingerprint density at radius 1 is 1.35 bits per heavy atom. The van der Waals surface area contributed by atoms with Crippen LogP contribution in [0.2, 0.25) is 0 Å². The first-order chi connectivity index (χ1) is 7.89. The fraction of sp³-hybridized carbons (Fsp3) is 0.538. The molecule has 1 heterocycles. The summed E-state index contributed by atoms with van der Waals surface area (Å²) in [5.41, 5.74) is 1.43. The van der Waals surface area contributed by atoms with Crippen molar-refractivity contribution in [2.24, 2.45) is 0 Å². The van der Waals surface area contributed by atoms with Crippen LogP contribution in [0.3, 0.4) is 0 Å². The fourth-order valence-electron chi connectivity index (χ4n) is 2.20. The molecule has 1 aromatic rings. The number of nitrogens with one attached hydrogen (secondary N) is 1. The molecule has 1 unspecified atom stereocenters. The summed E-state index contributed by atoms with van der Waals surface area (Å²) in [6.07, 6.45) is 0. The Kier molecular flexibility index (Phi) is 3.86. The Balaban J connectivity index is 2.34. The predicted octanol–water partition coefficient (Wildman–Crippen LogP) is 3.79. The molecular weight excluding hydrogens is 344 g/mol. The van der Waals surface area contributed by atoms with E-state index in [2.05, 4.69) is 81.0 Å². The summed E-state index contributed by atoms with van der Waals surface area (Å²) in [5, 5.41) is 3.57. The Morgan fingerprint density at radius 2 is 2.06 bits per heavy atom. The van der Waals surface area contributed by atoms with Crippen molar-refractivity contribution in [3.05, 3.63) is 27.1 Å². The zero-order chi connectivity index (χ0) is 12.6. The normalized spacial score (nSPS) is 23.8. The Labute approximate surface area is 120 Å². The van der Waals surface area contributed by atoms with Gasteiger partial charge in [0, 0.05) is 33.6 Å². The molecule has 1 saturated heterocycles. The van der Waals surface area contributed by atoms with Crippen molar-refractivity contribution in [2.45, 2.75) is 32.4 Å². The molecular formula is C13H18Br2N2. The lowest BCUT2D eigenvalue weighted by atomic mass is 9.98. The maximum absolute atomic E-state index is 3.65. The quantitative estimate of drug-likeness (QED) is 0.818. The number of nitrogens with zero attached hydrogens (tertiary/aromatic N) is 1. The molecule has 94 valence electrons. The first kappa shape index (κ1) is 13.4. The number of halogens is 2. The van der Waals surface area contributed by atoms with Gasteiger partial charge in [-0.2, -0.15) is 0 Å². The van der Waals surface area contributed by atoms with Gasteiger partial charge in [-0.3, -0.25) is 0 Å². The van der Waals surface area contributed by atoms with Gasteiger partial charge in [-0.05, 0) is 54.9 Å². The molecule has 1 atom stereocenters. The van der Waals surface area contributed by atoms with Gasteiger partial charge in [-0.15, -0.1) is 0 Å². The van der Waals surface area contributed by atoms with Crippen LogP contribution in [0.4, 0.5) is 5.69 Å².